The summed E-state index contributed by atoms with van der Waals surface area (Å²) >= 11 is 0. The van der Waals surface area contributed by atoms with Crippen molar-refractivity contribution < 1.29 is 0 Å². The van der Waals surface area contributed by atoms with Crippen LogP contribution in [0.25, 0.3) is 5.69 Å². The molecule has 0 N–H and O–H groups in total. The maximum absolute atomic E-state index is 12.2. The van der Waals surface area contributed by atoms with Crippen LogP contribution in [0.15, 0.2) is 29.3 Å². The predicted molar refractivity (Wildman–Crippen MR) is 80.7 cm³/mol. The van der Waals surface area contributed by atoms with Crippen molar-refractivity contribution in [3.8, 4) is 5.69 Å². The van der Waals surface area contributed by atoms with Gasteiger partial charge in [0.05, 0.1) is 5.69 Å². The van der Waals surface area contributed by atoms with E-state index in [2.05, 4.69) is 16.9 Å². The smallest absolute Gasteiger partial charge is 0.344 e. The number of para-hydroxylation sites is 1. The number of hydrogen-bond acceptors (Lipinski definition) is 4. The van der Waals surface area contributed by atoms with Crippen LogP contribution in [-0.4, -0.2) is 28.1 Å². The van der Waals surface area contributed by atoms with E-state index < -0.39 is 0 Å². The molecule has 20 heavy (non-hydrogen) atoms. The standard InChI is InChI=1S/C15H20N4O/c1-5-9-18(4)14-16-10-19(15(20)17-14)13-11(2)7-6-8-12(13)3/h6-8,10H,5,9H2,1-4H3. The molecule has 0 spiro atoms. The molecule has 1 aromatic carbocycles. The van der Waals surface area contributed by atoms with Crippen molar-refractivity contribution >= 4 is 5.95 Å². The molecular formula is C15H20N4O. The van der Waals surface area contributed by atoms with E-state index in [0.717, 1.165) is 29.8 Å². The molecule has 5 heteroatoms. The SMILES string of the molecule is CCCN(C)c1ncn(-c2c(C)cccc2C)c(=O)n1. The molecule has 106 valence electrons. The first-order valence-electron chi connectivity index (χ1n) is 6.78. The molecule has 2 rings (SSSR count). The Hall–Kier alpha value is -2.17. The van der Waals surface area contributed by atoms with E-state index in [-0.39, 0.29) is 5.69 Å². The Balaban J connectivity index is 2.48. The van der Waals surface area contributed by atoms with Crippen molar-refractivity contribution in [1.82, 2.24) is 14.5 Å². The van der Waals surface area contributed by atoms with E-state index in [1.807, 2.05) is 44.0 Å². The Morgan fingerprint density at radius 3 is 2.45 bits per heavy atom. The summed E-state index contributed by atoms with van der Waals surface area (Å²) < 4.78 is 1.51. The third-order valence-electron chi connectivity index (χ3n) is 3.27. The molecule has 0 saturated heterocycles. The fourth-order valence-corrected chi connectivity index (χ4v) is 2.29. The van der Waals surface area contributed by atoms with Crippen molar-refractivity contribution in [3.63, 3.8) is 0 Å². The van der Waals surface area contributed by atoms with Crippen LogP contribution in [0.5, 0.6) is 0 Å². The zero-order valence-electron chi connectivity index (χ0n) is 12.4. The van der Waals surface area contributed by atoms with Gasteiger partial charge in [-0.15, -0.1) is 0 Å². The average Bonchev–Trinajstić information content (AvgIpc) is 2.40. The third kappa shape index (κ3) is 2.71. The van der Waals surface area contributed by atoms with E-state index in [0.29, 0.717) is 5.95 Å². The normalized spacial score (nSPS) is 10.6. The van der Waals surface area contributed by atoms with Crippen LogP contribution < -0.4 is 10.6 Å². The highest BCUT2D eigenvalue weighted by Crippen LogP contribution is 2.16. The van der Waals surface area contributed by atoms with Crippen molar-refractivity contribution in [2.24, 2.45) is 0 Å². The van der Waals surface area contributed by atoms with Gasteiger partial charge in [-0.1, -0.05) is 25.1 Å². The highest BCUT2D eigenvalue weighted by Gasteiger charge is 2.10. The lowest BCUT2D eigenvalue weighted by Gasteiger charge is -2.16. The number of aryl methyl sites for hydroxylation is 2. The molecule has 0 radical (unpaired) electrons. The van der Waals surface area contributed by atoms with Crippen molar-refractivity contribution in [2.45, 2.75) is 27.2 Å². The molecule has 0 aliphatic carbocycles. The number of hydrogen-bond donors (Lipinski definition) is 0. The second kappa shape index (κ2) is 5.86. The van der Waals surface area contributed by atoms with Crippen LogP contribution in [0.3, 0.4) is 0 Å². The van der Waals surface area contributed by atoms with Crippen LogP contribution >= 0.6 is 0 Å². The molecule has 5 nitrogen and oxygen atoms in total. The van der Waals surface area contributed by atoms with Gasteiger partial charge in [-0.25, -0.2) is 9.78 Å². The molecule has 0 aliphatic rings. The van der Waals surface area contributed by atoms with Crippen molar-refractivity contribution in [3.05, 3.63) is 46.1 Å². The second-order valence-corrected chi connectivity index (χ2v) is 4.97. The van der Waals surface area contributed by atoms with E-state index in [1.165, 1.54) is 4.57 Å². The lowest BCUT2D eigenvalue weighted by atomic mass is 10.1. The van der Waals surface area contributed by atoms with Gasteiger partial charge < -0.3 is 4.90 Å². The Bertz CT molecular complexity index is 643. The first-order chi connectivity index (χ1) is 9.54. The quantitative estimate of drug-likeness (QED) is 0.855. The summed E-state index contributed by atoms with van der Waals surface area (Å²) in [5.74, 6) is 0.472. The molecule has 0 bridgehead atoms. The van der Waals surface area contributed by atoms with Gasteiger partial charge in [-0.3, -0.25) is 4.57 Å². The fraction of sp³-hybridized carbons (Fsp3) is 0.400. The first kappa shape index (κ1) is 14.2. The Labute approximate surface area is 118 Å². The van der Waals surface area contributed by atoms with Crippen LogP contribution in [0, 0.1) is 13.8 Å². The van der Waals surface area contributed by atoms with Crippen LogP contribution in [0.2, 0.25) is 0 Å². The first-order valence-corrected chi connectivity index (χ1v) is 6.78. The van der Waals surface area contributed by atoms with Gasteiger partial charge in [0.1, 0.15) is 6.33 Å². The molecule has 0 atom stereocenters. The monoisotopic (exact) mass is 272 g/mol. The van der Waals surface area contributed by atoms with Gasteiger partial charge in [-0.2, -0.15) is 4.98 Å². The van der Waals surface area contributed by atoms with Crippen LogP contribution in [0.4, 0.5) is 5.95 Å². The average molecular weight is 272 g/mol. The minimum atomic E-state index is -0.296. The minimum Gasteiger partial charge on any atom is -0.344 e. The second-order valence-electron chi connectivity index (χ2n) is 4.97. The number of benzene rings is 1. The molecule has 1 heterocycles. The maximum atomic E-state index is 12.2. The summed E-state index contributed by atoms with van der Waals surface area (Å²) in [6, 6.07) is 5.93. The number of aromatic nitrogens is 3. The summed E-state index contributed by atoms with van der Waals surface area (Å²) in [7, 11) is 1.89. The lowest BCUT2D eigenvalue weighted by Crippen LogP contribution is -2.29. The predicted octanol–water partition coefficient (Wildman–Crippen LogP) is 2.09. The summed E-state index contributed by atoms with van der Waals surface area (Å²) in [6.45, 7) is 6.86. The Morgan fingerprint density at radius 1 is 1.25 bits per heavy atom. The zero-order valence-corrected chi connectivity index (χ0v) is 12.4. The molecule has 0 aliphatic heterocycles. The molecule has 1 aromatic heterocycles. The molecule has 0 saturated carbocycles. The largest absolute Gasteiger partial charge is 0.356 e. The molecule has 0 amide bonds. The summed E-state index contributed by atoms with van der Waals surface area (Å²) in [5, 5.41) is 0. The molecule has 0 unspecified atom stereocenters. The molecular weight excluding hydrogens is 252 g/mol. The number of rotatable bonds is 4. The van der Waals surface area contributed by atoms with Gasteiger partial charge in [0.15, 0.2) is 0 Å². The van der Waals surface area contributed by atoms with Crippen molar-refractivity contribution in [2.75, 3.05) is 18.5 Å². The number of anilines is 1. The van der Waals surface area contributed by atoms with E-state index >= 15 is 0 Å². The zero-order chi connectivity index (χ0) is 14.7. The summed E-state index contributed by atoms with van der Waals surface area (Å²) in [6.07, 6.45) is 2.55. The Kier molecular flexibility index (Phi) is 4.17. The van der Waals surface area contributed by atoms with Gasteiger partial charge in [0.25, 0.3) is 0 Å². The maximum Gasteiger partial charge on any atom is 0.356 e. The highest BCUT2D eigenvalue weighted by molar-refractivity contribution is 5.46. The fourth-order valence-electron chi connectivity index (χ4n) is 2.29. The van der Waals surface area contributed by atoms with Gasteiger partial charge in [0.2, 0.25) is 5.95 Å². The van der Waals surface area contributed by atoms with Crippen molar-refractivity contribution in [1.29, 1.82) is 0 Å². The Morgan fingerprint density at radius 2 is 1.90 bits per heavy atom. The van der Waals surface area contributed by atoms with Gasteiger partial charge in [-0.05, 0) is 31.4 Å². The summed E-state index contributed by atoms with van der Waals surface area (Å²) in [5.41, 5.74) is 2.63. The highest BCUT2D eigenvalue weighted by atomic mass is 16.1. The van der Waals surface area contributed by atoms with E-state index in [9.17, 15) is 4.79 Å². The topological polar surface area (TPSA) is 51.0 Å². The minimum absolute atomic E-state index is 0.296. The van der Waals surface area contributed by atoms with Gasteiger partial charge in [0, 0.05) is 13.6 Å². The molecule has 0 fully saturated rings. The van der Waals surface area contributed by atoms with E-state index in [1.54, 1.807) is 6.33 Å². The van der Waals surface area contributed by atoms with Crippen LogP contribution in [0.1, 0.15) is 24.5 Å². The van der Waals surface area contributed by atoms with Gasteiger partial charge >= 0.3 is 5.69 Å². The lowest BCUT2D eigenvalue weighted by molar-refractivity contribution is 0.776. The summed E-state index contributed by atoms with van der Waals surface area (Å²) in [4.78, 5) is 22.5. The number of nitrogens with zero attached hydrogens (tertiary/aromatic N) is 4. The molecule has 2 aromatic rings. The van der Waals surface area contributed by atoms with Crippen LogP contribution in [-0.2, 0) is 0 Å². The van der Waals surface area contributed by atoms with E-state index in [4.69, 9.17) is 0 Å². The third-order valence-corrected chi connectivity index (χ3v) is 3.27.